The fourth-order valence-electron chi connectivity index (χ4n) is 1.64. The Kier molecular flexibility index (Phi) is 4.57. The maximum atomic E-state index is 11.8. The normalized spacial score (nSPS) is 12.1. The molecule has 1 aromatic heterocycles. The van der Waals surface area contributed by atoms with Crippen LogP contribution in [0.15, 0.2) is 35.5 Å². The predicted octanol–water partition coefficient (Wildman–Crippen LogP) is 2.08. The van der Waals surface area contributed by atoms with Crippen molar-refractivity contribution in [3.63, 3.8) is 0 Å². The van der Waals surface area contributed by atoms with Gasteiger partial charge in [0.2, 0.25) is 5.91 Å². The summed E-state index contributed by atoms with van der Waals surface area (Å²) in [6.07, 6.45) is 1.43. The van der Waals surface area contributed by atoms with Gasteiger partial charge in [0, 0.05) is 4.90 Å². The topological polar surface area (TPSA) is 70.7 Å². The van der Waals surface area contributed by atoms with Gasteiger partial charge in [-0.2, -0.15) is 5.10 Å². The second-order valence-electron chi connectivity index (χ2n) is 4.21. The maximum Gasteiger partial charge on any atom is 0.230 e. The first-order chi connectivity index (χ1) is 9.16. The molecular weight excluding hydrogens is 260 g/mol. The standard InChI is InChI=1S/C13H16N4OS/c1-9-5-3-4-6-11(9)19-7-12(18)16-10(2)13-14-8-15-17-13/h3-6,8,10H,7H2,1-2H3,(H,16,18)(H,14,15,17). The van der Waals surface area contributed by atoms with Gasteiger partial charge in [-0.1, -0.05) is 18.2 Å². The number of aryl methyl sites for hydroxylation is 1. The van der Waals surface area contributed by atoms with Crippen LogP contribution in [-0.4, -0.2) is 26.8 Å². The van der Waals surface area contributed by atoms with E-state index in [1.165, 1.54) is 23.7 Å². The molecule has 2 aromatic rings. The smallest absolute Gasteiger partial charge is 0.230 e. The second-order valence-corrected chi connectivity index (χ2v) is 5.23. The number of nitrogens with zero attached hydrogens (tertiary/aromatic N) is 2. The van der Waals surface area contributed by atoms with Crippen molar-refractivity contribution >= 4 is 17.7 Å². The Balaban J connectivity index is 1.84. The third kappa shape index (κ3) is 3.82. The van der Waals surface area contributed by atoms with Gasteiger partial charge in [-0.05, 0) is 25.5 Å². The Hall–Kier alpha value is -1.82. The number of amides is 1. The first-order valence-electron chi connectivity index (χ1n) is 6.00. The highest BCUT2D eigenvalue weighted by atomic mass is 32.2. The molecule has 0 saturated carbocycles. The Morgan fingerprint density at radius 2 is 2.26 bits per heavy atom. The molecule has 1 atom stereocenters. The Morgan fingerprint density at radius 3 is 2.95 bits per heavy atom. The van der Waals surface area contributed by atoms with Crippen molar-refractivity contribution in [2.24, 2.45) is 0 Å². The molecule has 1 heterocycles. The lowest BCUT2D eigenvalue weighted by atomic mass is 10.2. The molecular formula is C13H16N4OS. The van der Waals surface area contributed by atoms with Crippen molar-refractivity contribution in [3.8, 4) is 0 Å². The van der Waals surface area contributed by atoms with Crippen LogP contribution in [0.4, 0.5) is 0 Å². The van der Waals surface area contributed by atoms with Crippen molar-refractivity contribution in [1.82, 2.24) is 20.5 Å². The van der Waals surface area contributed by atoms with Crippen LogP contribution in [-0.2, 0) is 4.79 Å². The van der Waals surface area contributed by atoms with Crippen molar-refractivity contribution in [1.29, 1.82) is 0 Å². The Bertz CT molecular complexity index is 541. The summed E-state index contributed by atoms with van der Waals surface area (Å²) < 4.78 is 0. The molecule has 2 N–H and O–H groups in total. The maximum absolute atomic E-state index is 11.8. The van der Waals surface area contributed by atoms with Gasteiger partial charge >= 0.3 is 0 Å². The van der Waals surface area contributed by atoms with E-state index in [1.807, 2.05) is 38.1 Å². The van der Waals surface area contributed by atoms with E-state index in [4.69, 9.17) is 0 Å². The first-order valence-corrected chi connectivity index (χ1v) is 6.98. The molecule has 2 rings (SSSR count). The fraction of sp³-hybridized carbons (Fsp3) is 0.308. The van der Waals surface area contributed by atoms with E-state index < -0.39 is 0 Å². The number of benzene rings is 1. The molecule has 0 aliphatic heterocycles. The number of aromatic amines is 1. The van der Waals surface area contributed by atoms with Gasteiger partial charge in [0.05, 0.1) is 11.8 Å². The van der Waals surface area contributed by atoms with Crippen molar-refractivity contribution < 1.29 is 4.79 Å². The third-order valence-electron chi connectivity index (χ3n) is 2.67. The highest BCUT2D eigenvalue weighted by Crippen LogP contribution is 2.21. The monoisotopic (exact) mass is 276 g/mol. The zero-order valence-corrected chi connectivity index (χ0v) is 11.7. The molecule has 0 fully saturated rings. The highest BCUT2D eigenvalue weighted by Gasteiger charge is 2.12. The van der Waals surface area contributed by atoms with Crippen LogP contribution < -0.4 is 5.32 Å². The SMILES string of the molecule is Cc1ccccc1SCC(=O)NC(C)c1ncn[nH]1. The number of hydrogen-bond donors (Lipinski definition) is 2. The summed E-state index contributed by atoms with van der Waals surface area (Å²) in [5, 5.41) is 9.38. The minimum atomic E-state index is -0.160. The van der Waals surface area contributed by atoms with Gasteiger partial charge in [-0.25, -0.2) is 4.98 Å². The van der Waals surface area contributed by atoms with Crippen LogP contribution >= 0.6 is 11.8 Å². The summed E-state index contributed by atoms with van der Waals surface area (Å²) in [6, 6.07) is 7.87. The van der Waals surface area contributed by atoms with E-state index in [0.29, 0.717) is 11.6 Å². The number of hydrogen-bond acceptors (Lipinski definition) is 4. The van der Waals surface area contributed by atoms with Crippen LogP contribution in [0.25, 0.3) is 0 Å². The van der Waals surface area contributed by atoms with Gasteiger partial charge in [-0.3, -0.25) is 9.89 Å². The number of carbonyl (C=O) groups excluding carboxylic acids is 1. The number of H-pyrrole nitrogens is 1. The fourth-order valence-corrected chi connectivity index (χ4v) is 2.48. The third-order valence-corrected chi connectivity index (χ3v) is 3.85. The molecule has 0 saturated heterocycles. The van der Waals surface area contributed by atoms with E-state index in [-0.39, 0.29) is 11.9 Å². The second kappa shape index (κ2) is 6.38. The molecule has 1 amide bonds. The van der Waals surface area contributed by atoms with Crippen molar-refractivity contribution in [2.75, 3.05) is 5.75 Å². The van der Waals surface area contributed by atoms with Crippen molar-refractivity contribution in [3.05, 3.63) is 42.0 Å². The van der Waals surface area contributed by atoms with E-state index in [2.05, 4.69) is 20.5 Å². The zero-order chi connectivity index (χ0) is 13.7. The minimum Gasteiger partial charge on any atom is -0.346 e. The first kappa shape index (κ1) is 13.6. The van der Waals surface area contributed by atoms with E-state index >= 15 is 0 Å². The lowest BCUT2D eigenvalue weighted by Crippen LogP contribution is -2.28. The lowest BCUT2D eigenvalue weighted by Gasteiger charge is -2.11. The predicted molar refractivity (Wildman–Crippen MR) is 74.8 cm³/mol. The summed E-state index contributed by atoms with van der Waals surface area (Å²) in [5.74, 6) is 1.04. The van der Waals surface area contributed by atoms with Crippen LogP contribution in [0.5, 0.6) is 0 Å². The Labute approximate surface area is 116 Å². The number of thioether (sulfide) groups is 1. The number of nitrogens with one attached hydrogen (secondary N) is 2. The van der Waals surface area contributed by atoms with E-state index in [1.54, 1.807) is 0 Å². The molecule has 100 valence electrons. The summed E-state index contributed by atoms with van der Waals surface area (Å²) >= 11 is 1.54. The number of rotatable bonds is 5. The van der Waals surface area contributed by atoms with E-state index in [0.717, 1.165) is 4.90 Å². The summed E-state index contributed by atoms with van der Waals surface area (Å²) in [4.78, 5) is 17.0. The molecule has 0 bridgehead atoms. The molecule has 0 aliphatic carbocycles. The Morgan fingerprint density at radius 1 is 1.47 bits per heavy atom. The van der Waals surface area contributed by atoms with Crippen molar-refractivity contribution in [2.45, 2.75) is 24.8 Å². The van der Waals surface area contributed by atoms with Gasteiger partial charge in [0.15, 0.2) is 0 Å². The molecule has 1 aromatic carbocycles. The zero-order valence-electron chi connectivity index (χ0n) is 10.9. The van der Waals surface area contributed by atoms with Gasteiger partial charge in [0.25, 0.3) is 0 Å². The highest BCUT2D eigenvalue weighted by molar-refractivity contribution is 8.00. The molecule has 6 heteroatoms. The minimum absolute atomic E-state index is 0.0165. The average Bonchev–Trinajstić information content (AvgIpc) is 2.91. The van der Waals surface area contributed by atoms with Crippen LogP contribution in [0.3, 0.4) is 0 Å². The van der Waals surface area contributed by atoms with Gasteiger partial charge < -0.3 is 5.32 Å². The quantitative estimate of drug-likeness (QED) is 0.820. The lowest BCUT2D eigenvalue weighted by molar-refractivity contribution is -0.119. The van der Waals surface area contributed by atoms with Gasteiger partial charge in [0.1, 0.15) is 12.2 Å². The average molecular weight is 276 g/mol. The molecule has 19 heavy (non-hydrogen) atoms. The van der Waals surface area contributed by atoms with Crippen LogP contribution in [0, 0.1) is 6.92 Å². The molecule has 0 aliphatic rings. The number of carbonyl (C=O) groups is 1. The van der Waals surface area contributed by atoms with E-state index in [9.17, 15) is 4.79 Å². The number of aromatic nitrogens is 3. The molecule has 0 spiro atoms. The van der Waals surface area contributed by atoms with Crippen LogP contribution in [0.2, 0.25) is 0 Å². The van der Waals surface area contributed by atoms with Gasteiger partial charge in [-0.15, -0.1) is 11.8 Å². The summed E-state index contributed by atoms with van der Waals surface area (Å²) in [7, 11) is 0. The van der Waals surface area contributed by atoms with Crippen LogP contribution in [0.1, 0.15) is 24.4 Å². The molecule has 0 radical (unpaired) electrons. The summed E-state index contributed by atoms with van der Waals surface area (Å²) in [5.41, 5.74) is 1.18. The molecule has 1 unspecified atom stereocenters. The summed E-state index contributed by atoms with van der Waals surface area (Å²) in [6.45, 7) is 3.91. The largest absolute Gasteiger partial charge is 0.346 e. The molecule has 5 nitrogen and oxygen atoms in total.